The fraction of sp³-hybridized carbons (Fsp3) is 0.571. The molecule has 0 N–H and O–H groups in total. The third-order valence-electron chi connectivity index (χ3n) is 3.24. The number of hydrogen-bond acceptors (Lipinski definition) is 2. The molecule has 0 fully saturated rings. The Kier molecular flexibility index (Phi) is 4.54. The molecule has 1 rings (SSSR count). The molecule has 102 valence electrons. The average Bonchev–Trinajstić information content (AvgIpc) is 2.23. The summed E-state index contributed by atoms with van der Waals surface area (Å²) in [6.07, 6.45) is 1.81. The fourth-order valence-corrected chi connectivity index (χ4v) is 2.38. The second-order valence-corrected chi connectivity index (χ2v) is 7.85. The summed E-state index contributed by atoms with van der Waals surface area (Å²) >= 11 is 0. The van der Waals surface area contributed by atoms with E-state index in [1.807, 2.05) is 20.8 Å². The predicted octanol–water partition coefficient (Wildman–Crippen LogP) is 3.26. The average molecular weight is 272 g/mol. The van der Waals surface area contributed by atoms with E-state index in [0.29, 0.717) is 11.3 Å². The summed E-state index contributed by atoms with van der Waals surface area (Å²) in [6, 6.07) is 6.71. The van der Waals surface area contributed by atoms with Crippen LogP contribution in [0, 0.1) is 11.3 Å². The first-order chi connectivity index (χ1) is 8.14. The smallest absolute Gasteiger partial charge is 0.175 e. The fourth-order valence-electron chi connectivity index (χ4n) is 1.75. The Morgan fingerprint density at radius 3 is 2.00 bits per heavy atom. The lowest BCUT2D eigenvalue weighted by molar-refractivity contribution is 0.190. The maximum absolute atomic E-state index is 13.0. The number of sulfone groups is 1. The zero-order chi connectivity index (χ0) is 14.0. The molecule has 0 spiro atoms. The Morgan fingerprint density at radius 1 is 1.17 bits per heavy atom. The summed E-state index contributed by atoms with van der Waals surface area (Å²) in [7, 11) is -3.16. The van der Waals surface area contributed by atoms with Gasteiger partial charge in [-0.1, -0.05) is 32.9 Å². The summed E-state index contributed by atoms with van der Waals surface area (Å²) in [4.78, 5) is 0.304. The van der Waals surface area contributed by atoms with Crippen molar-refractivity contribution in [3.63, 3.8) is 0 Å². The van der Waals surface area contributed by atoms with Crippen LogP contribution in [0.1, 0.15) is 26.3 Å². The molecule has 1 aromatic rings. The van der Waals surface area contributed by atoms with Gasteiger partial charge in [0.25, 0.3) is 0 Å². The van der Waals surface area contributed by atoms with Gasteiger partial charge in [-0.2, -0.15) is 0 Å². The quantitative estimate of drug-likeness (QED) is 0.843. The number of alkyl halides is 1. The third kappa shape index (κ3) is 4.09. The van der Waals surface area contributed by atoms with Gasteiger partial charge in [0.2, 0.25) is 0 Å². The monoisotopic (exact) mass is 272 g/mol. The van der Waals surface area contributed by atoms with E-state index < -0.39 is 9.84 Å². The molecule has 0 saturated heterocycles. The molecule has 0 radical (unpaired) electrons. The Morgan fingerprint density at radius 2 is 1.67 bits per heavy atom. The number of benzene rings is 1. The molecule has 0 heterocycles. The van der Waals surface area contributed by atoms with Gasteiger partial charge in [-0.25, -0.2) is 8.42 Å². The SMILES string of the molecule is CC(C)(C)C(CF)Cc1ccc(S(C)(=O)=O)cc1. The van der Waals surface area contributed by atoms with E-state index in [2.05, 4.69) is 0 Å². The van der Waals surface area contributed by atoms with Gasteiger partial charge in [0.1, 0.15) is 0 Å². The van der Waals surface area contributed by atoms with Crippen LogP contribution in [0.3, 0.4) is 0 Å². The summed E-state index contributed by atoms with van der Waals surface area (Å²) in [5, 5.41) is 0. The van der Waals surface area contributed by atoms with Gasteiger partial charge in [0, 0.05) is 6.26 Å². The zero-order valence-electron chi connectivity index (χ0n) is 11.4. The van der Waals surface area contributed by atoms with Crippen molar-refractivity contribution in [2.75, 3.05) is 12.9 Å². The van der Waals surface area contributed by atoms with Crippen LogP contribution in [-0.4, -0.2) is 21.3 Å². The number of hydrogen-bond donors (Lipinski definition) is 0. The standard InChI is InChI=1S/C14H21FO2S/c1-14(2,3)12(10-15)9-11-5-7-13(8-6-11)18(4,16)17/h5-8,12H,9-10H2,1-4H3. The van der Waals surface area contributed by atoms with E-state index in [-0.39, 0.29) is 18.0 Å². The lowest BCUT2D eigenvalue weighted by Crippen LogP contribution is -2.24. The normalized spacial score (nSPS) is 14.5. The molecule has 0 aliphatic rings. The van der Waals surface area contributed by atoms with Gasteiger partial charge in [-0.3, -0.25) is 4.39 Å². The van der Waals surface area contributed by atoms with Crippen LogP contribution in [0.4, 0.5) is 4.39 Å². The summed E-state index contributed by atoms with van der Waals surface area (Å²) in [6.45, 7) is 5.68. The van der Waals surface area contributed by atoms with E-state index in [4.69, 9.17) is 0 Å². The summed E-state index contributed by atoms with van der Waals surface area (Å²) in [5.74, 6) is -0.0541. The molecule has 4 heteroatoms. The van der Waals surface area contributed by atoms with Crippen molar-refractivity contribution in [1.82, 2.24) is 0 Å². The lowest BCUT2D eigenvalue weighted by Gasteiger charge is -2.28. The first-order valence-electron chi connectivity index (χ1n) is 5.99. The van der Waals surface area contributed by atoms with Crippen LogP contribution in [0.5, 0.6) is 0 Å². The predicted molar refractivity (Wildman–Crippen MR) is 72.2 cm³/mol. The third-order valence-corrected chi connectivity index (χ3v) is 4.37. The molecule has 18 heavy (non-hydrogen) atoms. The molecule has 2 nitrogen and oxygen atoms in total. The minimum Gasteiger partial charge on any atom is -0.251 e. The summed E-state index contributed by atoms with van der Waals surface area (Å²) in [5.41, 5.74) is 0.879. The molecular formula is C14H21FO2S. The highest BCUT2D eigenvalue weighted by molar-refractivity contribution is 7.90. The maximum atomic E-state index is 13.0. The number of rotatable bonds is 4. The second kappa shape index (κ2) is 5.39. The summed E-state index contributed by atoms with van der Waals surface area (Å²) < 4.78 is 35.7. The maximum Gasteiger partial charge on any atom is 0.175 e. The van der Waals surface area contributed by atoms with Crippen molar-refractivity contribution < 1.29 is 12.8 Å². The van der Waals surface area contributed by atoms with Gasteiger partial charge in [-0.15, -0.1) is 0 Å². The van der Waals surface area contributed by atoms with Gasteiger partial charge in [-0.05, 0) is 35.4 Å². The molecule has 0 aliphatic carbocycles. The van der Waals surface area contributed by atoms with Crippen molar-refractivity contribution in [2.24, 2.45) is 11.3 Å². The van der Waals surface area contributed by atoms with Crippen molar-refractivity contribution in [1.29, 1.82) is 0 Å². The zero-order valence-corrected chi connectivity index (χ0v) is 12.2. The van der Waals surface area contributed by atoms with Crippen LogP contribution < -0.4 is 0 Å². The largest absolute Gasteiger partial charge is 0.251 e. The van der Waals surface area contributed by atoms with E-state index >= 15 is 0 Å². The highest BCUT2D eigenvalue weighted by Crippen LogP contribution is 2.29. The van der Waals surface area contributed by atoms with E-state index in [0.717, 1.165) is 5.56 Å². The first-order valence-corrected chi connectivity index (χ1v) is 7.88. The number of halogens is 1. The van der Waals surface area contributed by atoms with Gasteiger partial charge in [0.05, 0.1) is 11.6 Å². The van der Waals surface area contributed by atoms with Crippen LogP contribution in [0.2, 0.25) is 0 Å². The Bertz CT molecular complexity index is 484. The van der Waals surface area contributed by atoms with E-state index in [1.54, 1.807) is 24.3 Å². The van der Waals surface area contributed by atoms with Crippen LogP contribution in [-0.2, 0) is 16.3 Å². The molecule has 1 atom stereocenters. The van der Waals surface area contributed by atoms with E-state index in [9.17, 15) is 12.8 Å². The van der Waals surface area contributed by atoms with Crippen LogP contribution in [0.15, 0.2) is 29.2 Å². The highest BCUT2D eigenvalue weighted by atomic mass is 32.2. The molecule has 0 bridgehead atoms. The van der Waals surface area contributed by atoms with E-state index in [1.165, 1.54) is 6.26 Å². The lowest BCUT2D eigenvalue weighted by atomic mass is 9.78. The van der Waals surface area contributed by atoms with Gasteiger partial charge < -0.3 is 0 Å². The van der Waals surface area contributed by atoms with Crippen LogP contribution in [0.25, 0.3) is 0 Å². The molecule has 0 saturated carbocycles. The van der Waals surface area contributed by atoms with Gasteiger partial charge >= 0.3 is 0 Å². The van der Waals surface area contributed by atoms with Crippen molar-refractivity contribution in [3.05, 3.63) is 29.8 Å². The van der Waals surface area contributed by atoms with Crippen molar-refractivity contribution in [3.8, 4) is 0 Å². The molecule has 0 aromatic heterocycles. The van der Waals surface area contributed by atoms with Crippen molar-refractivity contribution in [2.45, 2.75) is 32.1 Å². The second-order valence-electron chi connectivity index (χ2n) is 5.84. The molecule has 0 amide bonds. The first kappa shape index (κ1) is 15.2. The van der Waals surface area contributed by atoms with Gasteiger partial charge in [0.15, 0.2) is 9.84 Å². The molecular weight excluding hydrogens is 251 g/mol. The Balaban J connectivity index is 2.87. The Labute approximate surface area is 109 Å². The minimum absolute atomic E-state index is 0.0541. The molecule has 1 aromatic carbocycles. The van der Waals surface area contributed by atoms with Crippen LogP contribution >= 0.6 is 0 Å². The topological polar surface area (TPSA) is 34.1 Å². The molecule has 0 aliphatic heterocycles. The Hall–Kier alpha value is -0.900. The minimum atomic E-state index is -3.16. The molecule has 1 unspecified atom stereocenters. The van der Waals surface area contributed by atoms with Crippen molar-refractivity contribution >= 4 is 9.84 Å². The highest BCUT2D eigenvalue weighted by Gasteiger charge is 2.24.